The molecule has 1 atom stereocenters. The molecule has 0 aliphatic heterocycles. The molecule has 0 saturated heterocycles. The van der Waals surface area contributed by atoms with E-state index < -0.39 is 0 Å². The summed E-state index contributed by atoms with van der Waals surface area (Å²) in [5.74, 6) is 0. The van der Waals surface area contributed by atoms with Crippen molar-refractivity contribution in [2.24, 2.45) is 0 Å². The Balaban J connectivity index is 2.33. The summed E-state index contributed by atoms with van der Waals surface area (Å²) in [6.45, 7) is 4.01. The Bertz CT molecular complexity index is 232. The van der Waals surface area contributed by atoms with Gasteiger partial charge in [-0.2, -0.15) is 11.8 Å². The van der Waals surface area contributed by atoms with E-state index in [9.17, 15) is 0 Å². The Morgan fingerprint density at radius 1 is 1.67 bits per heavy atom. The summed E-state index contributed by atoms with van der Waals surface area (Å²) in [6.07, 6.45) is 4.34. The van der Waals surface area contributed by atoms with Gasteiger partial charge in [0.15, 0.2) is 0 Å². The molecular weight excluding hydrogens is 208 g/mol. The van der Waals surface area contributed by atoms with Crippen LogP contribution in [-0.2, 0) is 6.42 Å². The molecule has 0 aliphatic rings. The van der Waals surface area contributed by atoms with Crippen LogP contribution in [0.4, 0.5) is 0 Å². The molecule has 0 spiro atoms. The lowest BCUT2D eigenvalue weighted by molar-refractivity contribution is 0.869. The molecule has 1 aromatic heterocycles. The Hall–Kier alpha value is 0.340. The first-order valence-electron chi connectivity index (χ1n) is 3.82. The molecule has 0 N–H and O–H groups in total. The molecule has 0 nitrogen and oxygen atoms in total. The average Bonchev–Trinajstić information content (AvgIpc) is 2.47. The van der Waals surface area contributed by atoms with E-state index in [1.807, 2.05) is 17.8 Å². The zero-order valence-electron chi connectivity index (χ0n) is 7.05. The molecule has 0 bridgehead atoms. The summed E-state index contributed by atoms with van der Waals surface area (Å²) in [4.78, 5) is 1.36. The summed E-state index contributed by atoms with van der Waals surface area (Å²) < 4.78 is 0.884. The summed E-state index contributed by atoms with van der Waals surface area (Å²) >= 11 is 9.29. The van der Waals surface area contributed by atoms with Crippen LogP contribution in [0.3, 0.4) is 0 Å². The number of hydrogen-bond acceptors (Lipinski definition) is 2. The van der Waals surface area contributed by atoms with Gasteiger partial charge in [-0.05, 0) is 38.2 Å². The molecule has 0 saturated carbocycles. The van der Waals surface area contributed by atoms with Crippen LogP contribution in [-0.4, -0.2) is 11.5 Å². The topological polar surface area (TPSA) is 0 Å². The first-order chi connectivity index (χ1) is 5.72. The normalized spacial score (nSPS) is 13.2. The van der Waals surface area contributed by atoms with Crippen LogP contribution < -0.4 is 0 Å². The molecule has 1 aromatic rings. The second-order valence-electron chi connectivity index (χ2n) is 2.60. The highest BCUT2D eigenvalue weighted by molar-refractivity contribution is 7.99. The maximum absolute atomic E-state index is 5.81. The number of hydrogen-bond donors (Lipinski definition) is 0. The molecule has 0 aliphatic carbocycles. The molecule has 1 rings (SSSR count). The molecule has 67 valence electrons. The molecule has 1 radical (unpaired) electrons. The van der Waals surface area contributed by atoms with Crippen molar-refractivity contribution in [1.29, 1.82) is 0 Å². The van der Waals surface area contributed by atoms with Crippen LogP contribution in [0, 0.1) is 6.92 Å². The van der Waals surface area contributed by atoms with Crippen LogP contribution in [0.25, 0.3) is 0 Å². The zero-order valence-corrected chi connectivity index (χ0v) is 9.44. The van der Waals surface area contributed by atoms with Crippen molar-refractivity contribution in [3.63, 3.8) is 0 Å². The SMILES string of the molecule is [CH2]C(CCc1ccc(Cl)s1)SC. The van der Waals surface area contributed by atoms with Crippen molar-refractivity contribution in [3.05, 3.63) is 28.3 Å². The maximum Gasteiger partial charge on any atom is 0.0931 e. The molecule has 1 heterocycles. The fourth-order valence-electron chi connectivity index (χ4n) is 0.907. The average molecular weight is 220 g/mol. The third-order valence-corrected chi connectivity index (χ3v) is 3.87. The maximum atomic E-state index is 5.81. The Morgan fingerprint density at radius 2 is 2.42 bits per heavy atom. The van der Waals surface area contributed by atoms with Gasteiger partial charge in [0, 0.05) is 10.1 Å². The molecule has 0 amide bonds. The van der Waals surface area contributed by atoms with E-state index in [0.29, 0.717) is 5.25 Å². The van der Waals surface area contributed by atoms with Crippen LogP contribution in [0.2, 0.25) is 4.34 Å². The first kappa shape index (κ1) is 10.4. The monoisotopic (exact) mass is 219 g/mol. The van der Waals surface area contributed by atoms with E-state index in [1.54, 1.807) is 11.3 Å². The molecular formula is C9H12ClS2. The largest absolute Gasteiger partial charge is 0.162 e. The smallest absolute Gasteiger partial charge is 0.0931 e. The van der Waals surface area contributed by atoms with Crippen molar-refractivity contribution in [1.82, 2.24) is 0 Å². The van der Waals surface area contributed by atoms with Gasteiger partial charge in [0.05, 0.1) is 4.34 Å². The number of rotatable bonds is 4. The number of thiophene rings is 1. The summed E-state index contributed by atoms with van der Waals surface area (Å²) in [5, 5.41) is 0.505. The molecule has 0 aromatic carbocycles. The minimum absolute atomic E-state index is 0.505. The quantitative estimate of drug-likeness (QED) is 0.740. The second-order valence-corrected chi connectivity index (χ2v) is 5.54. The van der Waals surface area contributed by atoms with Gasteiger partial charge in [-0.25, -0.2) is 0 Å². The van der Waals surface area contributed by atoms with Gasteiger partial charge in [0.2, 0.25) is 0 Å². The zero-order chi connectivity index (χ0) is 8.97. The van der Waals surface area contributed by atoms with E-state index in [1.165, 1.54) is 4.88 Å². The highest BCUT2D eigenvalue weighted by Gasteiger charge is 2.02. The van der Waals surface area contributed by atoms with Gasteiger partial charge in [0.25, 0.3) is 0 Å². The predicted molar refractivity (Wildman–Crippen MR) is 60.3 cm³/mol. The molecule has 12 heavy (non-hydrogen) atoms. The third-order valence-electron chi connectivity index (χ3n) is 1.67. The first-order valence-corrected chi connectivity index (χ1v) is 6.30. The summed E-state index contributed by atoms with van der Waals surface area (Å²) in [6, 6.07) is 4.05. The van der Waals surface area contributed by atoms with E-state index in [-0.39, 0.29) is 0 Å². The van der Waals surface area contributed by atoms with E-state index in [0.717, 1.165) is 17.2 Å². The number of halogens is 1. The lowest BCUT2D eigenvalue weighted by Gasteiger charge is -2.04. The fourth-order valence-corrected chi connectivity index (χ4v) is 2.36. The standard InChI is InChI=1S/C9H12ClS2/c1-7(11-2)3-4-8-5-6-9(10)12-8/h5-7H,1,3-4H2,2H3. The van der Waals surface area contributed by atoms with Crippen molar-refractivity contribution < 1.29 is 0 Å². The van der Waals surface area contributed by atoms with Gasteiger partial charge in [-0.3, -0.25) is 0 Å². The van der Waals surface area contributed by atoms with E-state index in [2.05, 4.69) is 19.2 Å². The Morgan fingerprint density at radius 3 is 2.92 bits per heavy atom. The predicted octanol–water partition coefficient (Wildman–Crippen LogP) is 3.90. The van der Waals surface area contributed by atoms with Gasteiger partial charge in [-0.1, -0.05) is 11.6 Å². The lowest BCUT2D eigenvalue weighted by Crippen LogP contribution is -1.96. The van der Waals surface area contributed by atoms with Gasteiger partial charge < -0.3 is 0 Å². The van der Waals surface area contributed by atoms with Crippen molar-refractivity contribution >= 4 is 34.7 Å². The van der Waals surface area contributed by atoms with Crippen molar-refractivity contribution in [3.8, 4) is 0 Å². The number of aryl methyl sites for hydroxylation is 1. The Kier molecular flexibility index (Phi) is 4.47. The minimum Gasteiger partial charge on any atom is -0.162 e. The van der Waals surface area contributed by atoms with Gasteiger partial charge >= 0.3 is 0 Å². The minimum atomic E-state index is 0.505. The van der Waals surface area contributed by atoms with Gasteiger partial charge in [0.1, 0.15) is 0 Å². The van der Waals surface area contributed by atoms with Crippen LogP contribution in [0.1, 0.15) is 11.3 Å². The van der Waals surface area contributed by atoms with Crippen LogP contribution in [0.5, 0.6) is 0 Å². The summed E-state index contributed by atoms with van der Waals surface area (Å²) in [7, 11) is 0. The van der Waals surface area contributed by atoms with Crippen molar-refractivity contribution in [2.75, 3.05) is 6.26 Å². The summed E-state index contributed by atoms with van der Waals surface area (Å²) in [5.41, 5.74) is 0. The van der Waals surface area contributed by atoms with Crippen molar-refractivity contribution in [2.45, 2.75) is 18.1 Å². The fraction of sp³-hybridized carbons (Fsp3) is 0.444. The van der Waals surface area contributed by atoms with Crippen LogP contribution >= 0.6 is 34.7 Å². The molecule has 3 heteroatoms. The third kappa shape index (κ3) is 3.38. The van der Waals surface area contributed by atoms with Crippen LogP contribution in [0.15, 0.2) is 12.1 Å². The van der Waals surface area contributed by atoms with E-state index >= 15 is 0 Å². The highest BCUT2D eigenvalue weighted by Crippen LogP contribution is 2.23. The number of thioether (sulfide) groups is 1. The van der Waals surface area contributed by atoms with E-state index in [4.69, 9.17) is 11.6 Å². The highest BCUT2D eigenvalue weighted by atomic mass is 35.5. The Labute approximate surface area is 87.3 Å². The molecule has 0 fully saturated rings. The van der Waals surface area contributed by atoms with Gasteiger partial charge in [-0.15, -0.1) is 11.3 Å². The lowest BCUT2D eigenvalue weighted by atomic mass is 10.2. The second kappa shape index (κ2) is 5.15. The molecule has 1 unspecified atom stereocenters.